The highest BCUT2D eigenvalue weighted by Crippen LogP contribution is 2.44. The minimum Gasteiger partial charge on any atom is -0.455 e. The van der Waals surface area contributed by atoms with Crippen LogP contribution in [-0.2, 0) is 4.57 Å². The number of benzene rings is 7. The normalized spacial score (nSPS) is 11.8. The van der Waals surface area contributed by atoms with Crippen LogP contribution in [0.2, 0.25) is 0 Å². The van der Waals surface area contributed by atoms with Gasteiger partial charge >= 0.3 is 0 Å². The number of pyridine rings is 1. The maximum Gasteiger partial charge on any atom is 0.171 e. The maximum atomic E-state index is 14.8. The lowest BCUT2D eigenvalue weighted by Gasteiger charge is -2.20. The molecule has 0 bridgehead atoms. The highest BCUT2D eigenvalue weighted by atomic mass is 31.2. The lowest BCUT2D eigenvalue weighted by molar-refractivity contribution is 0.592. The van der Waals surface area contributed by atoms with Crippen molar-refractivity contribution in [2.24, 2.45) is 0 Å². The largest absolute Gasteiger partial charge is 0.455 e. The van der Waals surface area contributed by atoms with Gasteiger partial charge in [-0.05, 0) is 34.4 Å². The molecule has 0 atom stereocenters. The quantitative estimate of drug-likeness (QED) is 0.169. The molecule has 0 fully saturated rings. The Balaban J connectivity index is 1.14. The van der Waals surface area contributed by atoms with Gasteiger partial charge in [-0.2, -0.15) is 0 Å². The van der Waals surface area contributed by atoms with Crippen LogP contribution in [0.25, 0.3) is 66.4 Å². The van der Waals surface area contributed by atoms with E-state index in [2.05, 4.69) is 91.0 Å². The number of furan rings is 1. The Bertz CT molecular complexity index is 2600. The Hall–Kier alpha value is -6.02. The van der Waals surface area contributed by atoms with E-state index in [-0.39, 0.29) is 0 Å². The molecule has 0 unspecified atom stereocenters. The fourth-order valence-electron chi connectivity index (χ4n) is 6.98. The molecule has 0 saturated heterocycles. The van der Waals surface area contributed by atoms with Crippen LogP contribution in [0.15, 0.2) is 186 Å². The molecule has 0 N–H and O–H groups in total. The van der Waals surface area contributed by atoms with Gasteiger partial charge in [-0.1, -0.05) is 170 Å². The number of nitrogens with zero attached hydrogens (tertiary/aromatic N) is 1. The van der Waals surface area contributed by atoms with Crippen molar-refractivity contribution >= 4 is 55.9 Å². The van der Waals surface area contributed by atoms with Crippen molar-refractivity contribution < 1.29 is 8.98 Å². The first-order valence-corrected chi connectivity index (χ1v) is 18.1. The van der Waals surface area contributed by atoms with Crippen molar-refractivity contribution in [2.45, 2.75) is 0 Å². The summed E-state index contributed by atoms with van der Waals surface area (Å²) < 4.78 is 21.4. The second kappa shape index (κ2) is 11.9. The second-order valence-corrected chi connectivity index (χ2v) is 15.0. The summed E-state index contributed by atoms with van der Waals surface area (Å²) in [5.74, 6) is 0. The van der Waals surface area contributed by atoms with Gasteiger partial charge in [0.15, 0.2) is 7.14 Å². The van der Waals surface area contributed by atoms with Crippen LogP contribution in [0.4, 0.5) is 0 Å². The zero-order chi connectivity index (χ0) is 32.8. The topological polar surface area (TPSA) is 43.1 Å². The van der Waals surface area contributed by atoms with Crippen LogP contribution in [0.1, 0.15) is 0 Å². The smallest absolute Gasteiger partial charge is 0.171 e. The van der Waals surface area contributed by atoms with Crippen LogP contribution >= 0.6 is 7.14 Å². The Morgan fingerprint density at radius 3 is 1.61 bits per heavy atom. The van der Waals surface area contributed by atoms with Crippen LogP contribution in [0.3, 0.4) is 0 Å². The fourth-order valence-corrected chi connectivity index (χ4v) is 9.63. The van der Waals surface area contributed by atoms with E-state index in [0.717, 1.165) is 82.3 Å². The molecule has 3 nitrogen and oxygen atoms in total. The Morgan fingerprint density at radius 2 is 0.959 bits per heavy atom. The summed E-state index contributed by atoms with van der Waals surface area (Å²) in [6.45, 7) is 0. The lowest BCUT2D eigenvalue weighted by Crippen LogP contribution is -2.24. The molecular weight excluding hydrogens is 617 g/mol. The van der Waals surface area contributed by atoms with Crippen LogP contribution in [0, 0.1) is 0 Å². The summed E-state index contributed by atoms with van der Waals surface area (Å²) in [4.78, 5) is 5.29. The molecule has 49 heavy (non-hydrogen) atoms. The summed E-state index contributed by atoms with van der Waals surface area (Å²) in [5, 5.41) is 5.55. The van der Waals surface area contributed by atoms with Gasteiger partial charge in [0.2, 0.25) is 0 Å². The van der Waals surface area contributed by atoms with Crippen molar-refractivity contribution in [3.63, 3.8) is 0 Å². The predicted molar refractivity (Wildman–Crippen MR) is 205 cm³/mol. The van der Waals surface area contributed by atoms with Crippen molar-refractivity contribution in [1.29, 1.82) is 0 Å². The third kappa shape index (κ3) is 4.90. The van der Waals surface area contributed by atoms with Gasteiger partial charge in [0.05, 0.1) is 22.0 Å². The van der Waals surface area contributed by atoms with Gasteiger partial charge in [-0.3, -0.25) is 0 Å². The van der Waals surface area contributed by atoms with Gasteiger partial charge in [-0.25, -0.2) is 4.98 Å². The summed E-state index contributed by atoms with van der Waals surface area (Å²) in [7, 11) is -3.03. The summed E-state index contributed by atoms with van der Waals surface area (Å²) in [6.07, 6.45) is 0. The zero-order valence-corrected chi connectivity index (χ0v) is 27.4. The first-order chi connectivity index (χ1) is 24.2. The van der Waals surface area contributed by atoms with Crippen LogP contribution < -0.4 is 15.9 Å². The summed E-state index contributed by atoms with van der Waals surface area (Å²) >= 11 is 0. The second-order valence-electron chi connectivity index (χ2n) is 12.2. The number of hydrogen-bond donors (Lipinski definition) is 0. The van der Waals surface area contributed by atoms with Gasteiger partial charge in [0.1, 0.15) is 11.2 Å². The van der Waals surface area contributed by atoms with E-state index >= 15 is 0 Å². The molecule has 9 aromatic rings. The molecule has 0 aliphatic carbocycles. The molecule has 9 rings (SSSR count). The van der Waals surface area contributed by atoms with Crippen LogP contribution in [0.5, 0.6) is 0 Å². The summed E-state index contributed by atoms with van der Waals surface area (Å²) in [5.41, 5.74) is 8.85. The Morgan fingerprint density at radius 1 is 0.429 bits per heavy atom. The average Bonchev–Trinajstić information content (AvgIpc) is 3.58. The van der Waals surface area contributed by atoms with Gasteiger partial charge in [-0.15, -0.1) is 0 Å². The number of rotatable bonds is 6. The molecule has 2 aromatic heterocycles. The molecule has 232 valence electrons. The van der Waals surface area contributed by atoms with E-state index in [1.807, 2.05) is 91.0 Å². The highest BCUT2D eigenvalue weighted by molar-refractivity contribution is 7.85. The third-order valence-electron chi connectivity index (χ3n) is 9.38. The van der Waals surface area contributed by atoms with Crippen molar-refractivity contribution in [3.8, 4) is 33.5 Å². The standard InChI is InChI=1S/C45H30NO2P/c47-49(35-15-6-2-7-16-35,36-17-8-3-9-18-36)37-29-27-32(28-30-37)31-23-25-34(26-24-31)44-43-39-19-10-11-22-41(39)48-45(43)42-38(20-12-21-40(42)46-44)33-13-4-1-5-14-33/h1-30H. The van der Waals surface area contributed by atoms with Crippen molar-refractivity contribution in [3.05, 3.63) is 182 Å². The van der Waals surface area contributed by atoms with E-state index in [9.17, 15) is 4.57 Å². The molecule has 0 saturated carbocycles. The summed E-state index contributed by atoms with van der Waals surface area (Å²) in [6, 6.07) is 61.2. The van der Waals surface area contributed by atoms with E-state index in [1.54, 1.807) is 0 Å². The van der Waals surface area contributed by atoms with Crippen LogP contribution in [-0.4, -0.2) is 4.98 Å². The zero-order valence-electron chi connectivity index (χ0n) is 26.5. The number of fused-ring (bicyclic) bond motifs is 5. The van der Waals surface area contributed by atoms with E-state index in [0.29, 0.717) is 0 Å². The fraction of sp³-hybridized carbons (Fsp3) is 0. The molecule has 0 spiro atoms. The molecule has 7 aromatic carbocycles. The lowest BCUT2D eigenvalue weighted by atomic mass is 9.96. The molecule has 0 radical (unpaired) electrons. The maximum absolute atomic E-state index is 14.8. The number of hydrogen-bond acceptors (Lipinski definition) is 3. The Labute approximate surface area is 284 Å². The average molecular weight is 648 g/mol. The molecule has 0 amide bonds. The van der Waals surface area contributed by atoms with Gasteiger partial charge in [0, 0.05) is 26.9 Å². The minimum absolute atomic E-state index is 0.815. The monoisotopic (exact) mass is 647 g/mol. The molecular formula is C45H30NO2P. The molecule has 0 aliphatic heterocycles. The van der Waals surface area contributed by atoms with E-state index in [4.69, 9.17) is 9.40 Å². The number of para-hydroxylation sites is 1. The van der Waals surface area contributed by atoms with Crippen molar-refractivity contribution in [2.75, 3.05) is 0 Å². The van der Waals surface area contributed by atoms with E-state index in [1.165, 1.54) is 0 Å². The first-order valence-electron chi connectivity index (χ1n) is 16.4. The SMILES string of the molecule is O=P(c1ccccc1)(c1ccccc1)c1ccc(-c2ccc(-c3nc4cccc(-c5ccccc5)c4c4oc5ccccc5c34)cc2)cc1. The Kier molecular flexibility index (Phi) is 7.08. The van der Waals surface area contributed by atoms with Crippen molar-refractivity contribution in [1.82, 2.24) is 4.98 Å². The first kappa shape index (κ1) is 29.1. The highest BCUT2D eigenvalue weighted by Gasteiger charge is 2.29. The molecule has 2 heterocycles. The minimum atomic E-state index is -3.03. The number of aromatic nitrogens is 1. The van der Waals surface area contributed by atoms with Gasteiger partial charge < -0.3 is 8.98 Å². The molecule has 0 aliphatic rings. The third-order valence-corrected chi connectivity index (χ3v) is 12.5. The van der Waals surface area contributed by atoms with Gasteiger partial charge in [0.25, 0.3) is 0 Å². The van der Waals surface area contributed by atoms with E-state index < -0.39 is 7.14 Å². The molecule has 4 heteroatoms. The predicted octanol–water partition coefficient (Wildman–Crippen LogP) is 10.8.